The van der Waals surface area contributed by atoms with Gasteiger partial charge in [-0.3, -0.25) is 4.79 Å². The fraction of sp³-hybridized carbons (Fsp3) is 0.211. The molecule has 3 heterocycles. The summed E-state index contributed by atoms with van der Waals surface area (Å²) in [6.07, 6.45) is 6.45. The van der Waals surface area contributed by atoms with E-state index in [4.69, 9.17) is 0 Å². The number of nitrogens with one attached hydrogen (secondary N) is 1. The fourth-order valence-corrected chi connectivity index (χ4v) is 2.90. The highest BCUT2D eigenvalue weighted by Crippen LogP contribution is 2.15. The molecule has 1 amide bonds. The van der Waals surface area contributed by atoms with Crippen molar-refractivity contribution < 1.29 is 9.18 Å². The number of hydrogen-bond donors (Lipinski definition) is 1. The fourth-order valence-electron chi connectivity index (χ4n) is 2.90. The highest BCUT2D eigenvalue weighted by atomic mass is 19.1. The van der Waals surface area contributed by atoms with Crippen LogP contribution in [0, 0.1) is 5.82 Å². The number of amides is 1. The van der Waals surface area contributed by atoms with Gasteiger partial charge in [-0.15, -0.1) is 0 Å². The van der Waals surface area contributed by atoms with Crippen molar-refractivity contribution in [3.63, 3.8) is 0 Å². The van der Waals surface area contributed by atoms with Crippen molar-refractivity contribution in [3.05, 3.63) is 66.5 Å². The van der Waals surface area contributed by atoms with Crippen LogP contribution in [0.1, 0.15) is 10.4 Å². The van der Waals surface area contributed by atoms with Gasteiger partial charge in [-0.25, -0.2) is 24.3 Å². The Labute approximate surface area is 161 Å². The predicted molar refractivity (Wildman–Crippen MR) is 103 cm³/mol. The summed E-state index contributed by atoms with van der Waals surface area (Å²) in [5, 5.41) is 2.69. The van der Waals surface area contributed by atoms with E-state index in [2.05, 4.69) is 35.1 Å². The van der Waals surface area contributed by atoms with Crippen LogP contribution in [0.15, 0.2) is 55.1 Å². The molecule has 0 radical (unpaired) electrons. The first-order valence-electron chi connectivity index (χ1n) is 8.85. The lowest BCUT2D eigenvalue weighted by atomic mass is 10.2. The summed E-state index contributed by atoms with van der Waals surface area (Å²) in [5.74, 6) is 0.594. The van der Waals surface area contributed by atoms with Crippen LogP contribution in [-0.2, 0) is 0 Å². The summed E-state index contributed by atoms with van der Waals surface area (Å²) in [5.41, 5.74) is 0.846. The van der Waals surface area contributed by atoms with E-state index in [1.54, 1.807) is 18.5 Å². The number of piperazine rings is 1. The molecule has 8 nitrogen and oxygen atoms in total. The number of halogens is 1. The number of benzene rings is 1. The number of nitrogens with zero attached hydrogens (tertiary/aromatic N) is 6. The van der Waals surface area contributed by atoms with Gasteiger partial charge in [0.2, 0.25) is 11.9 Å². The minimum absolute atomic E-state index is 0.337. The highest BCUT2D eigenvalue weighted by molar-refractivity contribution is 6.03. The largest absolute Gasteiger partial charge is 0.337 e. The van der Waals surface area contributed by atoms with Crippen molar-refractivity contribution in [2.45, 2.75) is 0 Å². The first-order chi connectivity index (χ1) is 13.7. The highest BCUT2D eigenvalue weighted by Gasteiger charge is 2.20. The van der Waals surface area contributed by atoms with Crippen molar-refractivity contribution in [3.8, 4) is 0 Å². The van der Waals surface area contributed by atoms with Gasteiger partial charge in [-0.1, -0.05) is 0 Å². The molecule has 0 aliphatic carbocycles. The lowest BCUT2D eigenvalue weighted by Gasteiger charge is -2.34. The third kappa shape index (κ3) is 4.03. The van der Waals surface area contributed by atoms with Crippen LogP contribution in [0.3, 0.4) is 0 Å². The third-order valence-corrected chi connectivity index (χ3v) is 4.40. The molecule has 9 heteroatoms. The van der Waals surface area contributed by atoms with Crippen molar-refractivity contribution in [1.29, 1.82) is 0 Å². The maximum Gasteiger partial charge on any atom is 0.258 e. The topological polar surface area (TPSA) is 87.1 Å². The molecule has 0 atom stereocenters. The average molecular weight is 379 g/mol. The molecule has 142 valence electrons. The number of carbonyl (C=O) groups is 1. The number of carbonyl (C=O) groups excluding carboxylic acids is 1. The van der Waals surface area contributed by atoms with E-state index in [9.17, 15) is 9.18 Å². The third-order valence-electron chi connectivity index (χ3n) is 4.40. The summed E-state index contributed by atoms with van der Waals surface area (Å²) in [4.78, 5) is 33.6. The first kappa shape index (κ1) is 17.8. The van der Waals surface area contributed by atoms with Crippen LogP contribution >= 0.6 is 0 Å². The van der Waals surface area contributed by atoms with Crippen LogP contribution in [0.25, 0.3) is 0 Å². The second kappa shape index (κ2) is 7.95. The molecule has 1 aliphatic heterocycles. The second-order valence-electron chi connectivity index (χ2n) is 6.26. The van der Waals surface area contributed by atoms with Crippen LogP contribution in [0.5, 0.6) is 0 Å². The van der Waals surface area contributed by atoms with E-state index < -0.39 is 0 Å². The van der Waals surface area contributed by atoms with Gasteiger partial charge in [-0.05, 0) is 30.3 Å². The Morgan fingerprint density at radius 1 is 0.857 bits per heavy atom. The minimum atomic E-state index is -0.357. The molecule has 1 N–H and O–H groups in total. The van der Waals surface area contributed by atoms with Gasteiger partial charge in [0, 0.05) is 56.7 Å². The maximum absolute atomic E-state index is 12.9. The molecule has 1 saturated heterocycles. The van der Waals surface area contributed by atoms with Crippen LogP contribution in [0.4, 0.5) is 22.0 Å². The zero-order chi connectivity index (χ0) is 19.3. The summed E-state index contributed by atoms with van der Waals surface area (Å²) in [6.45, 7) is 3.00. The molecule has 3 aromatic rings. The molecule has 1 aliphatic rings. The van der Waals surface area contributed by atoms with Gasteiger partial charge in [0.25, 0.3) is 5.91 Å². The Morgan fingerprint density at radius 2 is 1.39 bits per heavy atom. The number of aromatic nitrogens is 4. The number of rotatable bonds is 4. The molecule has 1 aromatic carbocycles. The Kier molecular flexibility index (Phi) is 5.05. The van der Waals surface area contributed by atoms with Gasteiger partial charge in [0.15, 0.2) is 0 Å². The average Bonchev–Trinajstić information content (AvgIpc) is 2.76. The lowest BCUT2D eigenvalue weighted by molar-refractivity contribution is 0.102. The summed E-state index contributed by atoms with van der Waals surface area (Å²) in [7, 11) is 0. The zero-order valence-electron chi connectivity index (χ0n) is 15.0. The molecule has 0 saturated carbocycles. The van der Waals surface area contributed by atoms with Crippen molar-refractivity contribution >= 4 is 23.5 Å². The van der Waals surface area contributed by atoms with Gasteiger partial charge in [-0.2, -0.15) is 0 Å². The van der Waals surface area contributed by atoms with Crippen LogP contribution < -0.4 is 15.1 Å². The van der Waals surface area contributed by atoms with Crippen molar-refractivity contribution in [2.24, 2.45) is 0 Å². The first-order valence-corrected chi connectivity index (χ1v) is 8.85. The standard InChI is InChI=1S/C19H18FN7O/c20-15-2-4-16(5-3-15)25-17(28)14-12-23-19(24-13-14)27-10-8-26(9-11-27)18-21-6-1-7-22-18/h1-7,12-13H,8-11H2,(H,25,28). The van der Waals surface area contributed by atoms with Gasteiger partial charge >= 0.3 is 0 Å². The molecule has 1 fully saturated rings. The lowest BCUT2D eigenvalue weighted by Crippen LogP contribution is -2.47. The molecule has 0 bridgehead atoms. The number of anilines is 3. The smallest absolute Gasteiger partial charge is 0.258 e. The normalized spacial score (nSPS) is 14.0. The molecular formula is C19H18FN7O. The zero-order valence-corrected chi connectivity index (χ0v) is 15.0. The summed E-state index contributed by atoms with van der Waals surface area (Å²) in [6, 6.07) is 7.36. The molecule has 0 unspecified atom stereocenters. The molecule has 4 rings (SSSR count). The summed E-state index contributed by atoms with van der Waals surface area (Å²) >= 11 is 0. The molecule has 2 aromatic heterocycles. The molecular weight excluding hydrogens is 361 g/mol. The molecule has 0 spiro atoms. The van der Waals surface area contributed by atoms with Crippen molar-refractivity contribution in [1.82, 2.24) is 19.9 Å². The van der Waals surface area contributed by atoms with Gasteiger partial charge < -0.3 is 15.1 Å². The van der Waals surface area contributed by atoms with Gasteiger partial charge in [0.1, 0.15) is 5.82 Å². The van der Waals surface area contributed by atoms with E-state index >= 15 is 0 Å². The predicted octanol–water partition coefficient (Wildman–Crippen LogP) is 1.98. The summed E-state index contributed by atoms with van der Waals surface area (Å²) < 4.78 is 12.9. The van der Waals surface area contributed by atoms with E-state index in [0.717, 1.165) is 32.1 Å². The Hall–Kier alpha value is -3.62. The van der Waals surface area contributed by atoms with Crippen LogP contribution in [0.2, 0.25) is 0 Å². The number of hydrogen-bond acceptors (Lipinski definition) is 7. The maximum atomic E-state index is 12.9. The second-order valence-corrected chi connectivity index (χ2v) is 6.26. The Morgan fingerprint density at radius 3 is 1.96 bits per heavy atom. The quantitative estimate of drug-likeness (QED) is 0.742. The van der Waals surface area contributed by atoms with E-state index in [0.29, 0.717) is 17.2 Å². The van der Waals surface area contributed by atoms with Crippen molar-refractivity contribution in [2.75, 3.05) is 41.3 Å². The van der Waals surface area contributed by atoms with Crippen LogP contribution in [-0.4, -0.2) is 52.0 Å². The SMILES string of the molecule is O=C(Nc1ccc(F)cc1)c1cnc(N2CCN(c3ncccn3)CC2)nc1. The Balaban J connectivity index is 1.36. The molecule has 28 heavy (non-hydrogen) atoms. The minimum Gasteiger partial charge on any atom is -0.337 e. The van der Waals surface area contributed by atoms with E-state index in [1.165, 1.54) is 36.7 Å². The Bertz CT molecular complexity index is 927. The van der Waals surface area contributed by atoms with E-state index in [1.807, 2.05) is 0 Å². The van der Waals surface area contributed by atoms with Gasteiger partial charge in [0.05, 0.1) is 5.56 Å². The van der Waals surface area contributed by atoms with E-state index in [-0.39, 0.29) is 11.7 Å². The monoisotopic (exact) mass is 379 g/mol.